The van der Waals surface area contributed by atoms with Gasteiger partial charge in [0, 0.05) is 31.3 Å². The topological polar surface area (TPSA) is 137 Å². The summed E-state index contributed by atoms with van der Waals surface area (Å²) < 4.78 is 23.2. The second-order valence-corrected chi connectivity index (χ2v) is 10.0. The Kier molecular flexibility index (Phi) is 8.23. The fourth-order valence-corrected chi connectivity index (χ4v) is 4.83. The molecule has 1 unspecified atom stereocenters. The summed E-state index contributed by atoms with van der Waals surface area (Å²) in [7, 11) is 1.83. The van der Waals surface area contributed by atoms with E-state index in [1.807, 2.05) is 31.3 Å². The Bertz CT molecular complexity index is 1770. The molecule has 0 spiro atoms. The van der Waals surface area contributed by atoms with Crippen LogP contribution < -0.4 is 20.7 Å². The summed E-state index contributed by atoms with van der Waals surface area (Å²) >= 11 is 0. The number of hydrogen-bond donors (Lipinski definition) is 2. The first kappa shape index (κ1) is 28.4. The molecule has 6 rings (SSSR count). The predicted octanol–water partition coefficient (Wildman–Crippen LogP) is 5.33. The zero-order chi connectivity index (χ0) is 29.8. The minimum Gasteiger partial charge on any atom is -0.457 e. The maximum atomic E-state index is 15.5. The first-order chi connectivity index (χ1) is 20.2. The molecular weight excluding hydrogens is 537 g/mol. The van der Waals surface area contributed by atoms with Crippen molar-refractivity contribution < 1.29 is 13.9 Å². The van der Waals surface area contributed by atoms with Crippen LogP contribution in [0.4, 0.5) is 21.7 Å². The number of hydrogen-bond acceptors (Lipinski definition) is 9. The molecule has 0 saturated carbocycles. The first-order valence-electron chi connectivity index (χ1n) is 13.6. The third-order valence-corrected chi connectivity index (χ3v) is 7.17. The largest absolute Gasteiger partial charge is 0.457 e. The number of anilines is 3. The van der Waals surface area contributed by atoms with Gasteiger partial charge in [-0.1, -0.05) is 11.8 Å². The summed E-state index contributed by atoms with van der Waals surface area (Å²) in [5.41, 5.74) is 8.09. The molecule has 5 aromatic rings. The van der Waals surface area contributed by atoms with Gasteiger partial charge in [0.2, 0.25) is 5.91 Å². The van der Waals surface area contributed by atoms with Gasteiger partial charge in [0.15, 0.2) is 11.6 Å². The zero-order valence-corrected chi connectivity index (χ0v) is 23.7. The molecule has 0 aliphatic carbocycles. The number of piperidine rings is 1. The highest BCUT2D eigenvalue weighted by atomic mass is 19.1. The number of halogens is 1. The maximum Gasteiger partial charge on any atom is 0.240 e. The molecule has 1 saturated heterocycles. The van der Waals surface area contributed by atoms with Crippen LogP contribution in [0.15, 0.2) is 61.4 Å². The Morgan fingerprint density at radius 2 is 1.98 bits per heavy atom. The normalized spacial score (nSPS) is 14.8. The van der Waals surface area contributed by atoms with Crippen molar-refractivity contribution in [1.29, 1.82) is 0 Å². The Morgan fingerprint density at radius 3 is 2.74 bits per heavy atom. The van der Waals surface area contributed by atoms with Crippen LogP contribution in [0.25, 0.3) is 22.1 Å². The molecule has 11 nitrogen and oxygen atoms in total. The lowest BCUT2D eigenvalue weighted by molar-refractivity contribution is -0.113. The fraction of sp³-hybridized carbons (Fsp3) is 0.267. The second-order valence-electron chi connectivity index (χ2n) is 10.0. The molecule has 42 heavy (non-hydrogen) atoms. The summed E-state index contributed by atoms with van der Waals surface area (Å²) in [6.45, 7) is 7.96. The quantitative estimate of drug-likeness (QED) is 0.260. The van der Waals surface area contributed by atoms with E-state index in [0.29, 0.717) is 45.5 Å². The summed E-state index contributed by atoms with van der Waals surface area (Å²) in [5.74, 6) is 1.41. The van der Waals surface area contributed by atoms with Gasteiger partial charge in [0.25, 0.3) is 0 Å². The first-order valence-corrected chi connectivity index (χ1v) is 13.6. The van der Waals surface area contributed by atoms with Crippen LogP contribution in [-0.4, -0.2) is 48.4 Å². The van der Waals surface area contributed by atoms with Crippen molar-refractivity contribution >= 4 is 45.3 Å². The van der Waals surface area contributed by atoms with Crippen molar-refractivity contribution in [3.05, 3.63) is 72.8 Å². The van der Waals surface area contributed by atoms with Crippen LogP contribution in [0.5, 0.6) is 11.5 Å². The number of nitrogens with two attached hydrogens (primary N) is 1. The van der Waals surface area contributed by atoms with E-state index in [9.17, 15) is 4.79 Å². The lowest BCUT2D eigenvalue weighted by Gasteiger charge is -2.34. The van der Waals surface area contributed by atoms with E-state index in [2.05, 4.69) is 49.7 Å². The van der Waals surface area contributed by atoms with E-state index >= 15 is 4.39 Å². The highest BCUT2D eigenvalue weighted by molar-refractivity contribution is 5.88. The number of rotatable bonds is 6. The van der Waals surface area contributed by atoms with E-state index in [1.54, 1.807) is 29.8 Å². The SMILES string of the molecule is C=CC(N)=O.Cc1c(Oc2ccc3c(c2)nnn3C)ccc(Nc2ncnc3ccc(N4CCCCC4C)nc23)c1F. The average Bonchev–Trinajstić information content (AvgIpc) is 3.37. The number of carbonyl (C=O) groups excluding carboxylic acids is 1. The molecular formula is C30H32FN9O2. The molecule has 0 bridgehead atoms. The third kappa shape index (κ3) is 5.97. The minimum atomic E-state index is -0.481. The summed E-state index contributed by atoms with van der Waals surface area (Å²) in [5, 5.41) is 11.3. The highest BCUT2D eigenvalue weighted by Gasteiger charge is 2.21. The molecule has 1 fully saturated rings. The van der Waals surface area contributed by atoms with Crippen molar-refractivity contribution in [3.63, 3.8) is 0 Å². The highest BCUT2D eigenvalue weighted by Crippen LogP contribution is 2.34. The van der Waals surface area contributed by atoms with Gasteiger partial charge in [-0.05, 0) is 75.6 Å². The molecule has 3 N–H and O–H groups in total. The van der Waals surface area contributed by atoms with Crippen LogP contribution in [-0.2, 0) is 11.8 Å². The number of nitrogens with zero attached hydrogens (tertiary/aromatic N) is 7. The third-order valence-electron chi connectivity index (χ3n) is 7.17. The van der Waals surface area contributed by atoms with Gasteiger partial charge >= 0.3 is 0 Å². The van der Waals surface area contributed by atoms with Crippen molar-refractivity contribution in [2.75, 3.05) is 16.8 Å². The van der Waals surface area contributed by atoms with E-state index in [4.69, 9.17) is 9.72 Å². The summed E-state index contributed by atoms with van der Waals surface area (Å²) in [6.07, 6.45) is 6.03. The van der Waals surface area contributed by atoms with E-state index in [0.717, 1.165) is 36.8 Å². The van der Waals surface area contributed by atoms with E-state index < -0.39 is 11.7 Å². The van der Waals surface area contributed by atoms with Gasteiger partial charge in [-0.15, -0.1) is 5.10 Å². The zero-order valence-electron chi connectivity index (χ0n) is 23.7. The Balaban J connectivity index is 0.000000652. The van der Waals surface area contributed by atoms with Crippen LogP contribution in [0.3, 0.4) is 0 Å². The minimum absolute atomic E-state index is 0.285. The fourth-order valence-electron chi connectivity index (χ4n) is 4.83. The van der Waals surface area contributed by atoms with Crippen LogP contribution in [0.2, 0.25) is 0 Å². The Labute approximate surface area is 242 Å². The van der Waals surface area contributed by atoms with Crippen molar-refractivity contribution in [2.24, 2.45) is 12.8 Å². The van der Waals surface area contributed by atoms with Gasteiger partial charge in [0.05, 0.1) is 16.7 Å². The lowest BCUT2D eigenvalue weighted by Crippen LogP contribution is -2.37. The molecule has 1 aliphatic heterocycles. The smallest absolute Gasteiger partial charge is 0.240 e. The van der Waals surface area contributed by atoms with E-state index in [-0.39, 0.29) is 5.69 Å². The molecule has 2 aromatic carbocycles. The number of aromatic nitrogens is 6. The van der Waals surface area contributed by atoms with Gasteiger partial charge < -0.3 is 20.7 Å². The van der Waals surface area contributed by atoms with Gasteiger partial charge in [-0.25, -0.2) is 24.0 Å². The molecule has 1 atom stereocenters. The second kappa shape index (κ2) is 12.2. The van der Waals surface area contributed by atoms with Gasteiger partial charge in [0.1, 0.15) is 34.7 Å². The number of carbonyl (C=O) groups is 1. The Hall–Kier alpha value is -5.13. The predicted molar refractivity (Wildman–Crippen MR) is 160 cm³/mol. The molecule has 1 aliphatic rings. The molecule has 12 heteroatoms. The number of aryl methyl sites for hydroxylation is 1. The molecule has 0 radical (unpaired) electrons. The van der Waals surface area contributed by atoms with Crippen molar-refractivity contribution in [2.45, 2.75) is 39.2 Å². The van der Waals surface area contributed by atoms with Crippen molar-refractivity contribution in [3.8, 4) is 11.5 Å². The number of benzene rings is 2. The molecule has 1 amide bonds. The summed E-state index contributed by atoms with van der Waals surface area (Å²) in [6, 6.07) is 13.2. The van der Waals surface area contributed by atoms with Crippen molar-refractivity contribution in [1.82, 2.24) is 29.9 Å². The van der Waals surface area contributed by atoms with Gasteiger partial charge in [-0.2, -0.15) is 0 Å². The lowest BCUT2D eigenvalue weighted by atomic mass is 10.0. The number of primary amides is 1. The Morgan fingerprint density at radius 1 is 1.17 bits per heavy atom. The number of ether oxygens (including phenoxy) is 1. The monoisotopic (exact) mass is 569 g/mol. The maximum absolute atomic E-state index is 15.5. The van der Waals surface area contributed by atoms with Crippen LogP contribution in [0, 0.1) is 12.7 Å². The number of amides is 1. The standard InChI is InChI=1S/C27H27FN8O.C3H5NO/c1-16-6-4-5-13-36(16)24-12-9-20-26(32-24)27(30-15-29-20)31-19-8-11-23(17(2)25(19)28)37-18-7-10-22-21(14-18)33-34-35(22)3;1-2-3(4)5/h7-12,14-16H,4-6,13H2,1-3H3,(H,29,30,31);2H,1H2,(H2,4,5). The molecule has 4 heterocycles. The van der Waals surface area contributed by atoms with E-state index in [1.165, 1.54) is 12.7 Å². The number of fused-ring (bicyclic) bond motifs is 2. The average molecular weight is 570 g/mol. The number of pyridine rings is 1. The molecule has 3 aromatic heterocycles. The van der Waals surface area contributed by atoms with Crippen LogP contribution >= 0.6 is 0 Å². The molecule has 216 valence electrons. The van der Waals surface area contributed by atoms with Gasteiger partial charge in [-0.3, -0.25) is 4.79 Å². The van der Waals surface area contributed by atoms with Crippen LogP contribution in [0.1, 0.15) is 31.7 Å². The number of nitrogens with one attached hydrogen (secondary N) is 1. The summed E-state index contributed by atoms with van der Waals surface area (Å²) in [4.78, 5) is 25.4.